The fourth-order valence-corrected chi connectivity index (χ4v) is 4.33. The van der Waals surface area contributed by atoms with Gasteiger partial charge in [0.05, 0.1) is 35.8 Å². The summed E-state index contributed by atoms with van der Waals surface area (Å²) in [6, 6.07) is 7.69. The maximum Gasteiger partial charge on any atom is 0.246 e. The minimum Gasteiger partial charge on any atom is -0.463 e. The zero-order valence-electron chi connectivity index (χ0n) is 17.0. The summed E-state index contributed by atoms with van der Waals surface area (Å²) in [4.78, 5) is 25.1. The zero-order valence-corrected chi connectivity index (χ0v) is 17.8. The van der Waals surface area contributed by atoms with Crippen LogP contribution in [0.1, 0.15) is 18.1 Å². The third-order valence-corrected chi connectivity index (χ3v) is 6.06. The van der Waals surface area contributed by atoms with E-state index in [1.807, 2.05) is 36.6 Å². The Morgan fingerprint density at radius 1 is 1.23 bits per heavy atom. The number of hydrogen-bond donors (Lipinski definition) is 1. The minimum absolute atomic E-state index is 0.120. The molecule has 1 aliphatic rings. The molecular formula is C22H21N5O3S. The molecule has 1 saturated heterocycles. The lowest BCUT2D eigenvalue weighted by Crippen LogP contribution is -2.37. The third-order valence-electron chi connectivity index (χ3n) is 5.26. The molecule has 0 amide bonds. The molecule has 0 spiro atoms. The van der Waals surface area contributed by atoms with Crippen molar-refractivity contribution in [2.24, 2.45) is 5.10 Å². The van der Waals surface area contributed by atoms with Crippen LogP contribution < -0.4 is 15.8 Å². The highest BCUT2D eigenvalue weighted by Gasteiger charge is 2.18. The number of aromatic nitrogens is 2. The molecule has 1 N–H and O–H groups in total. The highest BCUT2D eigenvalue weighted by Crippen LogP contribution is 2.29. The molecule has 8 nitrogen and oxygen atoms in total. The number of aryl methyl sites for hydroxylation is 1. The number of anilines is 2. The van der Waals surface area contributed by atoms with E-state index < -0.39 is 0 Å². The second-order valence-corrected chi connectivity index (χ2v) is 8.08. The van der Waals surface area contributed by atoms with Gasteiger partial charge < -0.3 is 14.1 Å². The van der Waals surface area contributed by atoms with Crippen molar-refractivity contribution in [3.05, 3.63) is 57.3 Å². The maximum atomic E-state index is 12.8. The van der Waals surface area contributed by atoms with Crippen LogP contribution in [-0.2, 0) is 11.2 Å². The highest BCUT2D eigenvalue weighted by molar-refractivity contribution is 7.16. The first-order chi connectivity index (χ1) is 15.2. The van der Waals surface area contributed by atoms with E-state index in [1.165, 1.54) is 12.5 Å². The van der Waals surface area contributed by atoms with Gasteiger partial charge >= 0.3 is 0 Å². The third kappa shape index (κ3) is 3.89. The molecule has 0 radical (unpaired) electrons. The minimum atomic E-state index is -0.120. The van der Waals surface area contributed by atoms with Crippen LogP contribution in [0.2, 0.25) is 0 Å². The molecule has 0 atom stereocenters. The van der Waals surface area contributed by atoms with Crippen LogP contribution in [0.5, 0.6) is 0 Å². The van der Waals surface area contributed by atoms with Crippen LogP contribution in [-0.4, -0.2) is 42.5 Å². The van der Waals surface area contributed by atoms with Crippen LogP contribution in [0.4, 0.5) is 11.8 Å². The monoisotopic (exact) mass is 435 g/mol. The standard InChI is InChI=1S/C22H21N5O3S/c1-2-14-3-4-18-17(11-14)19(28)15(13-30-18)12-23-26-22-24-20(27-6-8-29-9-7-27)16-5-10-31-21(16)25-22/h3-5,10-13H,2,6-9H2,1H3,(H,24,25,26)/b23-12+. The van der Waals surface area contributed by atoms with Gasteiger partial charge in [-0.3, -0.25) is 4.79 Å². The molecule has 4 aromatic rings. The quantitative estimate of drug-likeness (QED) is 0.378. The van der Waals surface area contributed by atoms with Crippen molar-refractivity contribution in [1.82, 2.24) is 9.97 Å². The summed E-state index contributed by atoms with van der Waals surface area (Å²) >= 11 is 1.55. The number of hydrazone groups is 1. The van der Waals surface area contributed by atoms with E-state index in [2.05, 4.69) is 25.4 Å². The summed E-state index contributed by atoms with van der Waals surface area (Å²) in [7, 11) is 0. The summed E-state index contributed by atoms with van der Waals surface area (Å²) in [5.74, 6) is 1.25. The van der Waals surface area contributed by atoms with Crippen molar-refractivity contribution >= 4 is 50.5 Å². The number of rotatable bonds is 5. The summed E-state index contributed by atoms with van der Waals surface area (Å²) in [5.41, 5.74) is 4.76. The molecule has 0 bridgehead atoms. The first kappa shape index (κ1) is 19.7. The zero-order chi connectivity index (χ0) is 21.2. The lowest BCUT2D eigenvalue weighted by atomic mass is 10.1. The van der Waals surface area contributed by atoms with Crippen molar-refractivity contribution in [3.8, 4) is 0 Å². The first-order valence-corrected chi connectivity index (χ1v) is 11.0. The van der Waals surface area contributed by atoms with Crippen molar-refractivity contribution in [2.45, 2.75) is 13.3 Å². The summed E-state index contributed by atoms with van der Waals surface area (Å²) in [6.45, 7) is 4.96. The molecule has 3 aromatic heterocycles. The van der Waals surface area contributed by atoms with Crippen molar-refractivity contribution < 1.29 is 9.15 Å². The predicted octanol–water partition coefficient (Wildman–Crippen LogP) is 3.64. The lowest BCUT2D eigenvalue weighted by molar-refractivity contribution is 0.122. The van der Waals surface area contributed by atoms with Gasteiger partial charge in [0.25, 0.3) is 0 Å². The lowest BCUT2D eigenvalue weighted by Gasteiger charge is -2.28. The van der Waals surface area contributed by atoms with Crippen LogP contribution in [0.3, 0.4) is 0 Å². The number of benzene rings is 1. The van der Waals surface area contributed by atoms with Crippen molar-refractivity contribution in [1.29, 1.82) is 0 Å². The average molecular weight is 436 g/mol. The van der Waals surface area contributed by atoms with Crippen LogP contribution in [0.15, 0.2) is 50.2 Å². The molecule has 1 fully saturated rings. The number of hydrogen-bond acceptors (Lipinski definition) is 9. The average Bonchev–Trinajstić information content (AvgIpc) is 3.29. The second-order valence-electron chi connectivity index (χ2n) is 7.18. The van der Waals surface area contributed by atoms with Gasteiger partial charge in [-0.25, -0.2) is 10.4 Å². The number of thiophene rings is 1. The largest absolute Gasteiger partial charge is 0.463 e. The van der Waals surface area contributed by atoms with Gasteiger partial charge in [-0.1, -0.05) is 13.0 Å². The molecule has 158 valence electrons. The Balaban J connectivity index is 1.43. The molecule has 1 aromatic carbocycles. The van der Waals surface area contributed by atoms with Gasteiger partial charge in [-0.15, -0.1) is 11.3 Å². The van der Waals surface area contributed by atoms with Crippen molar-refractivity contribution in [2.75, 3.05) is 36.6 Å². The molecular weight excluding hydrogens is 414 g/mol. The Morgan fingerprint density at radius 2 is 2.10 bits per heavy atom. The van der Waals surface area contributed by atoms with E-state index in [9.17, 15) is 4.79 Å². The van der Waals surface area contributed by atoms with Crippen LogP contribution in [0, 0.1) is 0 Å². The Morgan fingerprint density at radius 3 is 2.94 bits per heavy atom. The van der Waals surface area contributed by atoms with Crippen LogP contribution in [0.25, 0.3) is 21.2 Å². The van der Waals surface area contributed by atoms with Gasteiger partial charge in [-0.05, 0) is 35.6 Å². The van der Waals surface area contributed by atoms with E-state index >= 15 is 0 Å². The molecule has 0 saturated carbocycles. The normalized spacial score (nSPS) is 14.7. The van der Waals surface area contributed by atoms with Gasteiger partial charge in [-0.2, -0.15) is 10.1 Å². The van der Waals surface area contributed by atoms with Gasteiger partial charge in [0.1, 0.15) is 22.5 Å². The molecule has 1 aliphatic heterocycles. The SMILES string of the molecule is CCc1ccc2occ(/C=N/Nc3nc(N4CCOCC4)c4ccsc4n3)c(=O)c2c1. The number of fused-ring (bicyclic) bond motifs is 2. The van der Waals surface area contributed by atoms with E-state index in [0.717, 1.165) is 41.1 Å². The topological polar surface area (TPSA) is 92.8 Å². The molecule has 5 rings (SSSR count). The van der Waals surface area contributed by atoms with Gasteiger partial charge in [0, 0.05) is 13.1 Å². The second kappa shape index (κ2) is 8.44. The molecule has 0 unspecified atom stereocenters. The highest BCUT2D eigenvalue weighted by atomic mass is 32.1. The molecule has 9 heteroatoms. The van der Waals surface area contributed by atoms with Gasteiger partial charge in [0.2, 0.25) is 11.4 Å². The van der Waals surface area contributed by atoms with Crippen molar-refractivity contribution in [3.63, 3.8) is 0 Å². The number of nitrogens with zero attached hydrogens (tertiary/aromatic N) is 4. The summed E-state index contributed by atoms with van der Waals surface area (Å²) < 4.78 is 11.1. The fraction of sp³-hybridized carbons (Fsp3) is 0.273. The van der Waals surface area contributed by atoms with E-state index in [0.29, 0.717) is 35.7 Å². The Hall–Kier alpha value is -3.30. The first-order valence-electron chi connectivity index (χ1n) is 10.1. The Bertz CT molecular complexity index is 1320. The maximum absolute atomic E-state index is 12.8. The summed E-state index contributed by atoms with van der Waals surface area (Å²) in [5, 5.41) is 7.77. The number of ether oxygens (including phenoxy) is 1. The number of morpholine rings is 1. The summed E-state index contributed by atoms with van der Waals surface area (Å²) in [6.07, 6.45) is 3.72. The molecule has 4 heterocycles. The van der Waals surface area contributed by atoms with E-state index in [4.69, 9.17) is 9.15 Å². The number of nitrogens with one attached hydrogen (secondary N) is 1. The molecule has 31 heavy (non-hydrogen) atoms. The van der Waals surface area contributed by atoms with Crippen LogP contribution >= 0.6 is 11.3 Å². The van der Waals surface area contributed by atoms with E-state index in [-0.39, 0.29) is 5.43 Å². The van der Waals surface area contributed by atoms with E-state index in [1.54, 1.807) is 11.3 Å². The van der Waals surface area contributed by atoms with Gasteiger partial charge in [0.15, 0.2) is 0 Å². The fourth-order valence-electron chi connectivity index (χ4n) is 3.57. The predicted molar refractivity (Wildman–Crippen MR) is 124 cm³/mol. The molecule has 0 aliphatic carbocycles. The Kier molecular flexibility index (Phi) is 5.35. The smallest absolute Gasteiger partial charge is 0.246 e. The Labute approximate surface area is 182 Å².